The van der Waals surface area contributed by atoms with E-state index < -0.39 is 5.97 Å². The van der Waals surface area contributed by atoms with Gasteiger partial charge in [0.1, 0.15) is 0 Å². The van der Waals surface area contributed by atoms with Crippen LogP contribution in [0.4, 0.5) is 0 Å². The lowest BCUT2D eigenvalue weighted by Gasteiger charge is -2.12. The lowest BCUT2D eigenvalue weighted by Crippen LogP contribution is -2.34. The average Bonchev–Trinajstić information content (AvgIpc) is 3.12. The van der Waals surface area contributed by atoms with Gasteiger partial charge >= 0.3 is 5.97 Å². The van der Waals surface area contributed by atoms with Gasteiger partial charge in [0.15, 0.2) is 0 Å². The maximum absolute atomic E-state index is 12.2. The van der Waals surface area contributed by atoms with Crippen molar-refractivity contribution in [3.05, 3.63) is 35.9 Å². The molecule has 4 atom stereocenters. The van der Waals surface area contributed by atoms with Gasteiger partial charge in [-0.25, -0.2) is 0 Å². The van der Waals surface area contributed by atoms with Crippen LogP contribution in [0.25, 0.3) is 0 Å². The first kappa shape index (κ1) is 13.2. The zero-order valence-corrected chi connectivity index (χ0v) is 11.3. The molecule has 0 saturated heterocycles. The van der Waals surface area contributed by atoms with E-state index in [0.717, 1.165) is 12.8 Å². The van der Waals surface area contributed by atoms with Crippen molar-refractivity contribution in [3.63, 3.8) is 0 Å². The van der Waals surface area contributed by atoms with Gasteiger partial charge in [-0.3, -0.25) is 9.59 Å². The SMILES string of the molecule is O=C(O)C1CCC(NC(=O)C2CC2c2ccccc2)C1. The summed E-state index contributed by atoms with van der Waals surface area (Å²) in [6.45, 7) is 0. The summed E-state index contributed by atoms with van der Waals surface area (Å²) in [6, 6.07) is 10.1. The van der Waals surface area contributed by atoms with Crippen molar-refractivity contribution in [2.24, 2.45) is 11.8 Å². The van der Waals surface area contributed by atoms with Crippen LogP contribution >= 0.6 is 0 Å². The number of aliphatic carboxylic acids is 1. The summed E-state index contributed by atoms with van der Waals surface area (Å²) in [5.41, 5.74) is 1.22. The van der Waals surface area contributed by atoms with Crippen molar-refractivity contribution in [2.75, 3.05) is 0 Å². The molecule has 2 saturated carbocycles. The van der Waals surface area contributed by atoms with E-state index in [4.69, 9.17) is 5.11 Å². The molecule has 1 aromatic rings. The molecule has 2 aliphatic rings. The number of carboxylic acid groups (broad SMARTS) is 1. The third-order valence-electron chi connectivity index (χ3n) is 4.48. The topological polar surface area (TPSA) is 66.4 Å². The molecule has 106 valence electrons. The molecule has 1 amide bonds. The molecule has 4 nitrogen and oxygen atoms in total. The second kappa shape index (κ2) is 5.27. The van der Waals surface area contributed by atoms with E-state index in [0.29, 0.717) is 18.8 Å². The van der Waals surface area contributed by atoms with Gasteiger partial charge in [0.2, 0.25) is 5.91 Å². The van der Waals surface area contributed by atoms with Crippen LogP contribution in [0, 0.1) is 11.8 Å². The smallest absolute Gasteiger partial charge is 0.306 e. The summed E-state index contributed by atoms with van der Waals surface area (Å²) in [6.07, 6.45) is 2.94. The van der Waals surface area contributed by atoms with Gasteiger partial charge in [0, 0.05) is 12.0 Å². The minimum absolute atomic E-state index is 0.0422. The predicted octanol–water partition coefficient (Wildman–Crippen LogP) is 2.16. The van der Waals surface area contributed by atoms with E-state index in [2.05, 4.69) is 17.4 Å². The van der Waals surface area contributed by atoms with Gasteiger partial charge in [-0.15, -0.1) is 0 Å². The van der Waals surface area contributed by atoms with Gasteiger partial charge in [0.25, 0.3) is 0 Å². The van der Waals surface area contributed by atoms with Gasteiger partial charge < -0.3 is 10.4 Å². The lowest BCUT2D eigenvalue weighted by atomic mass is 10.1. The Balaban J connectivity index is 1.51. The number of hydrogen-bond acceptors (Lipinski definition) is 2. The van der Waals surface area contributed by atoms with Crippen LogP contribution in [0.5, 0.6) is 0 Å². The fourth-order valence-corrected chi connectivity index (χ4v) is 3.20. The maximum Gasteiger partial charge on any atom is 0.306 e. The van der Waals surface area contributed by atoms with Crippen molar-refractivity contribution in [1.29, 1.82) is 0 Å². The van der Waals surface area contributed by atoms with Crippen molar-refractivity contribution in [3.8, 4) is 0 Å². The molecule has 4 unspecified atom stereocenters. The summed E-state index contributed by atoms with van der Waals surface area (Å²) in [4.78, 5) is 23.1. The van der Waals surface area contributed by atoms with Gasteiger partial charge in [-0.1, -0.05) is 30.3 Å². The molecule has 4 heteroatoms. The second-order valence-corrected chi connectivity index (χ2v) is 5.91. The number of amides is 1. The summed E-state index contributed by atoms with van der Waals surface area (Å²) in [5.74, 6) is -0.524. The number of hydrogen-bond donors (Lipinski definition) is 2. The summed E-state index contributed by atoms with van der Waals surface area (Å²) in [7, 11) is 0. The van der Waals surface area contributed by atoms with Gasteiger partial charge in [0.05, 0.1) is 5.92 Å². The molecule has 2 N–H and O–H groups in total. The Kier molecular flexibility index (Phi) is 3.47. The Morgan fingerprint density at radius 2 is 1.85 bits per heavy atom. The first-order chi connectivity index (χ1) is 9.65. The molecular weight excluding hydrogens is 254 g/mol. The Labute approximate surface area is 118 Å². The fourth-order valence-electron chi connectivity index (χ4n) is 3.20. The highest BCUT2D eigenvalue weighted by atomic mass is 16.4. The number of carboxylic acids is 1. The number of nitrogens with one attached hydrogen (secondary N) is 1. The molecule has 0 aromatic heterocycles. The first-order valence-electron chi connectivity index (χ1n) is 7.23. The average molecular weight is 273 g/mol. The number of carbonyl (C=O) groups is 2. The van der Waals surface area contributed by atoms with E-state index in [-0.39, 0.29) is 23.8 Å². The van der Waals surface area contributed by atoms with E-state index in [1.54, 1.807) is 0 Å². The van der Waals surface area contributed by atoms with Gasteiger partial charge in [-0.05, 0) is 37.2 Å². The van der Waals surface area contributed by atoms with Crippen molar-refractivity contribution >= 4 is 11.9 Å². The summed E-state index contributed by atoms with van der Waals surface area (Å²) >= 11 is 0. The van der Waals surface area contributed by atoms with Crippen LogP contribution in [0.2, 0.25) is 0 Å². The Morgan fingerprint density at radius 1 is 1.10 bits per heavy atom. The van der Waals surface area contributed by atoms with Crippen LogP contribution in [-0.2, 0) is 9.59 Å². The van der Waals surface area contributed by atoms with Gasteiger partial charge in [-0.2, -0.15) is 0 Å². The Hall–Kier alpha value is -1.84. The Bertz CT molecular complexity index is 514. The molecule has 3 rings (SSSR count). The van der Waals surface area contributed by atoms with E-state index in [9.17, 15) is 9.59 Å². The second-order valence-electron chi connectivity index (χ2n) is 5.91. The van der Waals surface area contributed by atoms with Crippen LogP contribution in [0.3, 0.4) is 0 Å². The molecule has 0 spiro atoms. The van der Waals surface area contributed by atoms with Crippen molar-refractivity contribution in [2.45, 2.75) is 37.6 Å². The molecule has 2 fully saturated rings. The molecule has 0 heterocycles. The molecule has 0 bridgehead atoms. The van der Waals surface area contributed by atoms with Crippen molar-refractivity contribution in [1.82, 2.24) is 5.32 Å². The lowest BCUT2D eigenvalue weighted by molar-refractivity contribution is -0.141. The molecule has 2 aliphatic carbocycles. The third-order valence-corrected chi connectivity index (χ3v) is 4.48. The molecule has 0 radical (unpaired) electrons. The largest absolute Gasteiger partial charge is 0.481 e. The number of rotatable bonds is 4. The highest BCUT2D eigenvalue weighted by molar-refractivity contribution is 5.83. The maximum atomic E-state index is 12.2. The molecule has 20 heavy (non-hydrogen) atoms. The first-order valence-corrected chi connectivity index (χ1v) is 7.23. The van der Waals surface area contributed by atoms with Crippen LogP contribution in [-0.4, -0.2) is 23.0 Å². The van der Waals surface area contributed by atoms with Crippen LogP contribution < -0.4 is 5.32 Å². The predicted molar refractivity (Wildman–Crippen MR) is 74.2 cm³/mol. The minimum atomic E-state index is -0.740. The zero-order valence-electron chi connectivity index (χ0n) is 11.3. The fraction of sp³-hybridized carbons (Fsp3) is 0.500. The highest BCUT2D eigenvalue weighted by Crippen LogP contribution is 2.47. The van der Waals surface area contributed by atoms with Crippen molar-refractivity contribution < 1.29 is 14.7 Å². The van der Waals surface area contributed by atoms with Crippen LogP contribution in [0.15, 0.2) is 30.3 Å². The summed E-state index contributed by atoms with van der Waals surface area (Å²) < 4.78 is 0. The van der Waals surface area contributed by atoms with E-state index in [1.807, 2.05) is 18.2 Å². The zero-order chi connectivity index (χ0) is 14.1. The molecule has 1 aromatic carbocycles. The quantitative estimate of drug-likeness (QED) is 0.883. The highest BCUT2D eigenvalue weighted by Gasteiger charge is 2.44. The minimum Gasteiger partial charge on any atom is -0.481 e. The Morgan fingerprint density at radius 3 is 2.50 bits per heavy atom. The van der Waals surface area contributed by atoms with E-state index in [1.165, 1.54) is 5.56 Å². The monoisotopic (exact) mass is 273 g/mol. The third kappa shape index (κ3) is 2.69. The normalized spacial score (nSPS) is 31.8. The van der Waals surface area contributed by atoms with Crippen LogP contribution in [0.1, 0.15) is 37.2 Å². The standard InChI is InChI=1S/C16H19NO3/c18-15(17-12-7-6-11(8-12)16(19)20)14-9-13(14)10-4-2-1-3-5-10/h1-5,11-14H,6-9H2,(H,17,18)(H,19,20). The number of benzene rings is 1. The summed E-state index contributed by atoms with van der Waals surface area (Å²) in [5, 5.41) is 12.0. The molecule has 0 aliphatic heterocycles. The molecular formula is C16H19NO3. The van der Waals surface area contributed by atoms with E-state index >= 15 is 0 Å². The number of carbonyl (C=O) groups excluding carboxylic acids is 1.